The predicted molar refractivity (Wildman–Crippen MR) is 73.5 cm³/mol. The Morgan fingerprint density at radius 3 is 2.79 bits per heavy atom. The third-order valence-electron chi connectivity index (χ3n) is 3.20. The number of benzene rings is 1. The molecule has 1 aliphatic heterocycles. The number of methoxy groups -OCH3 is 1. The van der Waals surface area contributed by atoms with Gasteiger partial charge < -0.3 is 20.1 Å². The highest BCUT2D eigenvalue weighted by atomic mass is 16.5. The molecule has 0 radical (unpaired) electrons. The van der Waals surface area contributed by atoms with E-state index in [9.17, 15) is 0 Å². The van der Waals surface area contributed by atoms with Gasteiger partial charge in [0.05, 0.1) is 31.4 Å². The summed E-state index contributed by atoms with van der Waals surface area (Å²) in [6.45, 7) is 2.94. The highest BCUT2D eigenvalue weighted by Gasteiger charge is 2.17. The second-order valence-electron chi connectivity index (χ2n) is 4.38. The summed E-state index contributed by atoms with van der Waals surface area (Å²) in [6, 6.07) is 5.61. The summed E-state index contributed by atoms with van der Waals surface area (Å²) in [5, 5.41) is 0.833. The minimum atomic E-state index is 0.554. The third kappa shape index (κ3) is 2.15. The number of aromatic nitrogens is 2. The lowest BCUT2D eigenvalue weighted by atomic mass is 10.2. The Morgan fingerprint density at radius 2 is 2.05 bits per heavy atom. The van der Waals surface area contributed by atoms with Gasteiger partial charge in [-0.2, -0.15) is 4.98 Å². The van der Waals surface area contributed by atoms with Crippen LogP contribution in [0.25, 0.3) is 10.9 Å². The third-order valence-corrected chi connectivity index (χ3v) is 3.20. The zero-order valence-corrected chi connectivity index (χ0v) is 10.8. The Labute approximate surface area is 111 Å². The van der Waals surface area contributed by atoms with Gasteiger partial charge in [0, 0.05) is 13.1 Å². The van der Waals surface area contributed by atoms with E-state index in [1.54, 1.807) is 7.11 Å². The van der Waals surface area contributed by atoms with Crippen LogP contribution in [0.2, 0.25) is 0 Å². The number of para-hydroxylation sites is 1. The Hall–Kier alpha value is -2.08. The van der Waals surface area contributed by atoms with Gasteiger partial charge in [0.2, 0.25) is 11.8 Å². The largest absolute Gasteiger partial charge is 0.480 e. The predicted octanol–water partition coefficient (Wildman–Crippen LogP) is 1.06. The molecule has 1 fully saturated rings. The highest BCUT2D eigenvalue weighted by Crippen LogP contribution is 2.28. The fourth-order valence-corrected chi connectivity index (χ4v) is 2.20. The van der Waals surface area contributed by atoms with E-state index in [1.807, 2.05) is 18.2 Å². The van der Waals surface area contributed by atoms with Crippen LogP contribution in [-0.4, -0.2) is 43.4 Å². The molecule has 6 nitrogen and oxygen atoms in total. The zero-order valence-electron chi connectivity index (χ0n) is 10.8. The molecule has 0 unspecified atom stereocenters. The molecule has 3 rings (SSSR count). The second kappa shape index (κ2) is 4.89. The van der Waals surface area contributed by atoms with E-state index in [-0.39, 0.29) is 0 Å². The number of nitrogen functional groups attached to an aromatic ring is 1. The molecule has 6 heteroatoms. The molecule has 2 heterocycles. The molecular weight excluding hydrogens is 244 g/mol. The van der Waals surface area contributed by atoms with Gasteiger partial charge in [-0.3, -0.25) is 0 Å². The van der Waals surface area contributed by atoms with Gasteiger partial charge in [-0.05, 0) is 12.1 Å². The monoisotopic (exact) mass is 260 g/mol. The first-order chi connectivity index (χ1) is 9.29. The number of fused-ring (bicyclic) bond motifs is 1. The Balaban J connectivity index is 2.12. The van der Waals surface area contributed by atoms with Crippen LogP contribution < -0.4 is 15.4 Å². The molecule has 0 saturated carbocycles. The Morgan fingerprint density at radius 1 is 1.26 bits per heavy atom. The van der Waals surface area contributed by atoms with Gasteiger partial charge in [0.1, 0.15) is 5.52 Å². The van der Waals surface area contributed by atoms with Crippen LogP contribution in [0.5, 0.6) is 5.88 Å². The van der Waals surface area contributed by atoms with Crippen LogP contribution in [-0.2, 0) is 4.74 Å². The molecule has 100 valence electrons. The van der Waals surface area contributed by atoms with Crippen LogP contribution in [0.4, 0.5) is 11.6 Å². The zero-order chi connectivity index (χ0) is 13.2. The lowest BCUT2D eigenvalue weighted by Crippen LogP contribution is -2.37. The van der Waals surface area contributed by atoms with E-state index in [4.69, 9.17) is 15.2 Å². The van der Waals surface area contributed by atoms with E-state index < -0.39 is 0 Å². The topological polar surface area (TPSA) is 73.5 Å². The van der Waals surface area contributed by atoms with Gasteiger partial charge in [0.15, 0.2) is 0 Å². The molecule has 1 aliphatic rings. The van der Waals surface area contributed by atoms with Crippen molar-refractivity contribution >= 4 is 22.5 Å². The summed E-state index contributed by atoms with van der Waals surface area (Å²) < 4.78 is 10.7. The number of hydrogen-bond acceptors (Lipinski definition) is 6. The first-order valence-electron chi connectivity index (χ1n) is 6.22. The second-order valence-corrected chi connectivity index (χ2v) is 4.38. The van der Waals surface area contributed by atoms with Crippen molar-refractivity contribution in [2.75, 3.05) is 44.0 Å². The summed E-state index contributed by atoms with van der Waals surface area (Å²) in [5.74, 6) is 1.20. The number of anilines is 2. The molecule has 2 aromatic rings. The minimum absolute atomic E-state index is 0.554. The molecule has 1 saturated heterocycles. The molecule has 0 spiro atoms. The van der Waals surface area contributed by atoms with Crippen LogP contribution in [0, 0.1) is 0 Å². The molecule has 0 atom stereocenters. The van der Waals surface area contributed by atoms with Gasteiger partial charge in [0.25, 0.3) is 0 Å². The van der Waals surface area contributed by atoms with E-state index in [0.717, 1.165) is 24.0 Å². The maximum absolute atomic E-state index is 5.99. The number of ether oxygens (including phenoxy) is 2. The van der Waals surface area contributed by atoms with Crippen molar-refractivity contribution in [1.82, 2.24) is 9.97 Å². The molecule has 0 amide bonds. The number of hydrogen-bond donors (Lipinski definition) is 1. The van der Waals surface area contributed by atoms with Gasteiger partial charge >= 0.3 is 0 Å². The molecule has 0 aliphatic carbocycles. The SMILES string of the molecule is COc1nc(N2CCOCC2)nc2c(N)cccc12. The molecule has 1 aromatic carbocycles. The fourth-order valence-electron chi connectivity index (χ4n) is 2.20. The molecule has 2 N–H and O–H groups in total. The van der Waals surface area contributed by atoms with Crippen molar-refractivity contribution in [1.29, 1.82) is 0 Å². The number of morpholine rings is 1. The summed E-state index contributed by atoms with van der Waals surface area (Å²) >= 11 is 0. The molecule has 19 heavy (non-hydrogen) atoms. The van der Waals surface area contributed by atoms with Crippen molar-refractivity contribution in [3.63, 3.8) is 0 Å². The van der Waals surface area contributed by atoms with Crippen molar-refractivity contribution in [2.45, 2.75) is 0 Å². The van der Waals surface area contributed by atoms with Crippen molar-refractivity contribution in [3.05, 3.63) is 18.2 Å². The van der Waals surface area contributed by atoms with E-state index in [1.165, 1.54) is 0 Å². The number of nitrogens with zero attached hydrogens (tertiary/aromatic N) is 3. The maximum atomic E-state index is 5.99. The summed E-state index contributed by atoms with van der Waals surface area (Å²) in [4.78, 5) is 11.1. The Bertz CT molecular complexity index is 596. The van der Waals surface area contributed by atoms with E-state index >= 15 is 0 Å². The average Bonchev–Trinajstić information content (AvgIpc) is 2.48. The van der Waals surface area contributed by atoms with Crippen LogP contribution in [0.1, 0.15) is 0 Å². The summed E-state index contributed by atoms with van der Waals surface area (Å²) in [7, 11) is 1.61. The standard InChI is InChI=1S/C13H16N4O2/c1-18-12-9-3-2-4-10(14)11(9)15-13(16-12)17-5-7-19-8-6-17/h2-4H,5-8,14H2,1H3. The van der Waals surface area contributed by atoms with Gasteiger partial charge in [-0.15, -0.1) is 0 Å². The molecule has 1 aromatic heterocycles. The summed E-state index contributed by atoms with van der Waals surface area (Å²) in [5.41, 5.74) is 7.35. The lowest BCUT2D eigenvalue weighted by Gasteiger charge is -2.27. The van der Waals surface area contributed by atoms with Gasteiger partial charge in [-0.25, -0.2) is 4.98 Å². The first kappa shape index (κ1) is 12.0. The van der Waals surface area contributed by atoms with Crippen LogP contribution >= 0.6 is 0 Å². The van der Waals surface area contributed by atoms with E-state index in [0.29, 0.717) is 30.7 Å². The maximum Gasteiger partial charge on any atom is 0.229 e. The first-order valence-corrected chi connectivity index (χ1v) is 6.22. The average molecular weight is 260 g/mol. The van der Waals surface area contributed by atoms with Crippen molar-refractivity contribution in [3.8, 4) is 5.88 Å². The normalized spacial score (nSPS) is 15.7. The van der Waals surface area contributed by atoms with Gasteiger partial charge in [-0.1, -0.05) is 6.07 Å². The van der Waals surface area contributed by atoms with Crippen LogP contribution in [0.15, 0.2) is 18.2 Å². The minimum Gasteiger partial charge on any atom is -0.480 e. The fraction of sp³-hybridized carbons (Fsp3) is 0.385. The quantitative estimate of drug-likeness (QED) is 0.814. The number of rotatable bonds is 2. The Kier molecular flexibility index (Phi) is 3.08. The number of nitrogens with two attached hydrogens (primary N) is 1. The summed E-state index contributed by atoms with van der Waals surface area (Å²) in [6.07, 6.45) is 0. The molecular formula is C13H16N4O2. The van der Waals surface area contributed by atoms with E-state index in [2.05, 4.69) is 14.9 Å². The highest BCUT2D eigenvalue weighted by molar-refractivity contribution is 5.93. The smallest absolute Gasteiger partial charge is 0.229 e. The van der Waals surface area contributed by atoms with Crippen molar-refractivity contribution < 1.29 is 9.47 Å². The molecule has 0 bridgehead atoms. The lowest BCUT2D eigenvalue weighted by molar-refractivity contribution is 0.122. The van der Waals surface area contributed by atoms with Crippen LogP contribution in [0.3, 0.4) is 0 Å². The van der Waals surface area contributed by atoms with Crippen molar-refractivity contribution in [2.24, 2.45) is 0 Å².